The lowest BCUT2D eigenvalue weighted by atomic mass is 10.5. The fourth-order valence-corrected chi connectivity index (χ4v) is 1.41. The summed E-state index contributed by atoms with van der Waals surface area (Å²) in [5.74, 6) is -0.346. The average Bonchev–Trinajstić information content (AvgIpc) is 2.32. The minimum atomic E-state index is -0.510. The molecule has 0 amide bonds. The summed E-state index contributed by atoms with van der Waals surface area (Å²) in [7, 11) is 1.27. The summed E-state index contributed by atoms with van der Waals surface area (Å²) in [5.41, 5.74) is 5.29. The Labute approximate surface area is 72.1 Å². The van der Waals surface area contributed by atoms with E-state index in [0.29, 0.717) is 0 Å². The van der Waals surface area contributed by atoms with Crippen LogP contribution in [0.4, 0.5) is 5.82 Å². The molecule has 0 aromatic carbocycles. The molecule has 0 unspecified atom stereocenters. The predicted molar refractivity (Wildman–Crippen MR) is 42.9 cm³/mol. The zero-order valence-electron chi connectivity index (χ0n) is 5.63. The van der Waals surface area contributed by atoms with Gasteiger partial charge < -0.3 is 10.5 Å². The number of carbonyl (C=O) groups is 1. The van der Waals surface area contributed by atoms with Gasteiger partial charge in [-0.2, -0.15) is 4.37 Å². The SMILES string of the molecule is COC(=O)c1snc(N)c1Cl. The van der Waals surface area contributed by atoms with E-state index < -0.39 is 5.97 Å². The van der Waals surface area contributed by atoms with Crippen molar-refractivity contribution in [2.45, 2.75) is 0 Å². The van der Waals surface area contributed by atoms with Gasteiger partial charge in [0, 0.05) is 0 Å². The fraction of sp³-hybridized carbons (Fsp3) is 0.200. The van der Waals surface area contributed by atoms with Gasteiger partial charge in [-0.3, -0.25) is 0 Å². The van der Waals surface area contributed by atoms with Crippen LogP contribution in [0.5, 0.6) is 0 Å². The molecule has 0 aliphatic rings. The van der Waals surface area contributed by atoms with Crippen LogP contribution in [-0.2, 0) is 4.74 Å². The zero-order valence-corrected chi connectivity index (χ0v) is 7.20. The predicted octanol–water partition coefficient (Wildman–Crippen LogP) is 1.17. The molecule has 1 aromatic heterocycles. The monoisotopic (exact) mass is 192 g/mol. The van der Waals surface area contributed by atoms with Crippen molar-refractivity contribution in [2.75, 3.05) is 12.8 Å². The van der Waals surface area contributed by atoms with E-state index in [4.69, 9.17) is 17.3 Å². The van der Waals surface area contributed by atoms with Gasteiger partial charge in [-0.25, -0.2) is 4.79 Å². The molecule has 6 heteroatoms. The molecule has 0 atom stereocenters. The second kappa shape index (κ2) is 3.06. The maximum Gasteiger partial charge on any atom is 0.351 e. The van der Waals surface area contributed by atoms with E-state index in [0.717, 1.165) is 11.5 Å². The molecule has 0 aliphatic carbocycles. The van der Waals surface area contributed by atoms with E-state index in [2.05, 4.69) is 9.11 Å². The van der Waals surface area contributed by atoms with Gasteiger partial charge in [-0.15, -0.1) is 0 Å². The number of ether oxygens (including phenoxy) is 1. The number of methoxy groups -OCH3 is 1. The number of hydrogen-bond acceptors (Lipinski definition) is 5. The van der Waals surface area contributed by atoms with Gasteiger partial charge in [0.05, 0.1) is 7.11 Å². The van der Waals surface area contributed by atoms with Crippen molar-refractivity contribution < 1.29 is 9.53 Å². The van der Waals surface area contributed by atoms with Crippen LogP contribution in [0.25, 0.3) is 0 Å². The van der Waals surface area contributed by atoms with Crippen LogP contribution >= 0.6 is 23.1 Å². The quantitative estimate of drug-likeness (QED) is 0.679. The highest BCUT2D eigenvalue weighted by molar-refractivity contribution is 7.09. The third-order valence-electron chi connectivity index (χ3n) is 1.03. The number of aromatic nitrogens is 1. The molecule has 0 aliphatic heterocycles. The van der Waals surface area contributed by atoms with Gasteiger partial charge in [0.1, 0.15) is 5.02 Å². The van der Waals surface area contributed by atoms with E-state index in [1.54, 1.807) is 0 Å². The lowest BCUT2D eigenvalue weighted by Gasteiger charge is -1.92. The number of halogens is 1. The number of nitrogens with two attached hydrogens (primary N) is 1. The number of nitrogen functional groups attached to an aromatic ring is 1. The van der Waals surface area contributed by atoms with Crippen molar-refractivity contribution in [1.82, 2.24) is 4.37 Å². The Morgan fingerprint density at radius 3 is 2.82 bits per heavy atom. The highest BCUT2D eigenvalue weighted by atomic mass is 35.5. The highest BCUT2D eigenvalue weighted by Gasteiger charge is 2.16. The Morgan fingerprint density at radius 1 is 1.82 bits per heavy atom. The van der Waals surface area contributed by atoms with Crippen molar-refractivity contribution in [1.29, 1.82) is 0 Å². The molecule has 0 saturated heterocycles. The first kappa shape index (κ1) is 8.29. The molecule has 11 heavy (non-hydrogen) atoms. The third-order valence-corrected chi connectivity index (χ3v) is 2.37. The smallest absolute Gasteiger partial charge is 0.351 e. The van der Waals surface area contributed by atoms with Crippen LogP contribution in [0.15, 0.2) is 0 Å². The van der Waals surface area contributed by atoms with Crippen molar-refractivity contribution in [3.05, 3.63) is 9.90 Å². The maximum absolute atomic E-state index is 10.9. The Morgan fingerprint density at radius 2 is 2.45 bits per heavy atom. The van der Waals surface area contributed by atoms with Crippen LogP contribution in [0.3, 0.4) is 0 Å². The van der Waals surface area contributed by atoms with Crippen molar-refractivity contribution in [3.8, 4) is 0 Å². The van der Waals surface area contributed by atoms with Gasteiger partial charge in [-0.1, -0.05) is 11.6 Å². The average molecular weight is 193 g/mol. The molecule has 60 valence electrons. The number of hydrogen-bond donors (Lipinski definition) is 1. The van der Waals surface area contributed by atoms with Crippen LogP contribution in [0.1, 0.15) is 9.67 Å². The van der Waals surface area contributed by atoms with E-state index in [1.165, 1.54) is 7.11 Å². The molecule has 0 bridgehead atoms. The second-order valence-corrected chi connectivity index (χ2v) is 2.85. The first-order valence-electron chi connectivity index (χ1n) is 2.65. The number of nitrogens with zero attached hydrogens (tertiary/aromatic N) is 1. The molecular weight excluding hydrogens is 188 g/mol. The lowest BCUT2D eigenvalue weighted by Crippen LogP contribution is -1.98. The highest BCUT2D eigenvalue weighted by Crippen LogP contribution is 2.26. The molecule has 1 aromatic rings. The van der Waals surface area contributed by atoms with E-state index in [9.17, 15) is 4.79 Å². The van der Waals surface area contributed by atoms with Gasteiger partial charge in [0.15, 0.2) is 10.7 Å². The summed E-state index contributed by atoms with van der Waals surface area (Å²) >= 11 is 6.53. The van der Waals surface area contributed by atoms with Crippen LogP contribution in [0, 0.1) is 0 Å². The Balaban J connectivity index is 3.04. The van der Waals surface area contributed by atoms with Crippen molar-refractivity contribution in [3.63, 3.8) is 0 Å². The first-order valence-corrected chi connectivity index (χ1v) is 3.81. The lowest BCUT2D eigenvalue weighted by molar-refractivity contribution is 0.0606. The zero-order chi connectivity index (χ0) is 8.43. The normalized spacial score (nSPS) is 9.64. The van der Waals surface area contributed by atoms with E-state index in [1.807, 2.05) is 0 Å². The number of esters is 1. The first-order chi connectivity index (χ1) is 5.16. The number of anilines is 1. The summed E-state index contributed by atoms with van der Waals surface area (Å²) in [6.45, 7) is 0. The van der Waals surface area contributed by atoms with E-state index in [-0.39, 0.29) is 15.7 Å². The van der Waals surface area contributed by atoms with Crippen LogP contribution < -0.4 is 5.73 Å². The molecule has 1 rings (SSSR count). The second-order valence-electron chi connectivity index (χ2n) is 1.70. The van der Waals surface area contributed by atoms with Gasteiger partial charge in [-0.05, 0) is 11.5 Å². The van der Waals surface area contributed by atoms with E-state index >= 15 is 0 Å². The summed E-state index contributed by atoms with van der Waals surface area (Å²) in [6, 6.07) is 0. The maximum atomic E-state index is 10.9. The standard InChI is InChI=1S/C5H5ClN2O2S/c1-10-5(9)3-2(6)4(7)8-11-3/h1H3,(H2,7,8). The molecular formula is C5H5ClN2O2S. The molecule has 0 fully saturated rings. The Hall–Kier alpha value is -0.810. The summed E-state index contributed by atoms with van der Waals surface area (Å²) in [4.78, 5) is 11.1. The topological polar surface area (TPSA) is 65.2 Å². The Bertz CT molecular complexity index is 286. The third kappa shape index (κ3) is 1.44. The van der Waals surface area contributed by atoms with Gasteiger partial charge in [0.2, 0.25) is 0 Å². The summed E-state index contributed by atoms with van der Waals surface area (Å²) < 4.78 is 8.09. The molecule has 0 radical (unpaired) electrons. The molecule has 4 nitrogen and oxygen atoms in total. The van der Waals surface area contributed by atoms with Gasteiger partial charge >= 0.3 is 5.97 Å². The van der Waals surface area contributed by atoms with Crippen LogP contribution in [-0.4, -0.2) is 17.5 Å². The number of carbonyl (C=O) groups excluding carboxylic acids is 1. The fourth-order valence-electron chi connectivity index (χ4n) is 0.511. The van der Waals surface area contributed by atoms with Crippen molar-refractivity contribution >= 4 is 34.9 Å². The van der Waals surface area contributed by atoms with Gasteiger partial charge in [0.25, 0.3) is 0 Å². The van der Waals surface area contributed by atoms with Crippen LogP contribution in [0.2, 0.25) is 5.02 Å². The Kier molecular flexibility index (Phi) is 2.31. The molecule has 1 heterocycles. The largest absolute Gasteiger partial charge is 0.465 e. The molecule has 2 N–H and O–H groups in total. The molecule has 0 spiro atoms. The summed E-state index contributed by atoms with van der Waals surface area (Å²) in [6.07, 6.45) is 0. The number of rotatable bonds is 1. The minimum absolute atomic E-state index is 0.164. The molecule has 0 saturated carbocycles. The minimum Gasteiger partial charge on any atom is -0.465 e. The van der Waals surface area contributed by atoms with Crippen molar-refractivity contribution in [2.24, 2.45) is 0 Å². The summed E-state index contributed by atoms with van der Waals surface area (Å²) in [5, 5.41) is 0.168.